The molecule has 0 spiro atoms. The van der Waals surface area contributed by atoms with Crippen molar-refractivity contribution < 1.29 is 4.74 Å². The van der Waals surface area contributed by atoms with Gasteiger partial charge in [-0.3, -0.25) is 0 Å². The summed E-state index contributed by atoms with van der Waals surface area (Å²) in [4.78, 5) is 0. The molecule has 0 heterocycles. The monoisotopic (exact) mass is 280 g/mol. The van der Waals surface area contributed by atoms with Crippen molar-refractivity contribution in [1.29, 1.82) is 0 Å². The molecule has 0 aliphatic heterocycles. The first-order valence-corrected chi connectivity index (χ1v) is 7.46. The molecule has 1 nitrogen and oxygen atoms in total. The third kappa shape index (κ3) is 4.28. The lowest BCUT2D eigenvalue weighted by molar-refractivity contribution is 0.329. The minimum absolute atomic E-state index is 0.410. The maximum Gasteiger partial charge on any atom is 0.126 e. The van der Waals surface area contributed by atoms with Crippen LogP contribution in [-0.2, 0) is 0 Å². The van der Waals surface area contributed by atoms with E-state index in [2.05, 4.69) is 32.9 Å². The van der Waals surface area contributed by atoms with Gasteiger partial charge in [-0.1, -0.05) is 44.5 Å². The molecule has 0 amide bonds. The highest BCUT2D eigenvalue weighted by Crippen LogP contribution is 2.38. The molecular formula is C17H25ClO. The van der Waals surface area contributed by atoms with Gasteiger partial charge in [-0.15, -0.1) is 0 Å². The van der Waals surface area contributed by atoms with Gasteiger partial charge >= 0.3 is 0 Å². The van der Waals surface area contributed by atoms with E-state index < -0.39 is 0 Å². The SMILES string of the molecule is C/C=C\CC(C)c1cc(Cl)cc(C(C)C)c1OCC. The molecule has 0 aliphatic carbocycles. The maximum absolute atomic E-state index is 6.27. The predicted octanol–water partition coefficient (Wildman–Crippen LogP) is 5.93. The Bertz CT molecular complexity index is 435. The molecule has 0 N–H and O–H groups in total. The summed E-state index contributed by atoms with van der Waals surface area (Å²) in [6, 6.07) is 4.08. The number of allylic oxidation sites excluding steroid dienone is 2. The Morgan fingerprint density at radius 3 is 2.37 bits per heavy atom. The van der Waals surface area contributed by atoms with Crippen LogP contribution in [0.1, 0.15) is 64.0 Å². The first-order chi connectivity index (χ1) is 9.01. The third-order valence-electron chi connectivity index (χ3n) is 3.28. The second-order valence-corrected chi connectivity index (χ2v) is 5.64. The molecule has 106 valence electrons. The molecule has 0 bridgehead atoms. The van der Waals surface area contributed by atoms with Crippen LogP contribution in [0.5, 0.6) is 5.75 Å². The predicted molar refractivity (Wildman–Crippen MR) is 84.6 cm³/mol. The maximum atomic E-state index is 6.27. The zero-order chi connectivity index (χ0) is 14.4. The van der Waals surface area contributed by atoms with Crippen molar-refractivity contribution in [2.45, 2.75) is 52.9 Å². The van der Waals surface area contributed by atoms with Gasteiger partial charge in [0.1, 0.15) is 5.75 Å². The van der Waals surface area contributed by atoms with Gasteiger partial charge < -0.3 is 4.74 Å². The van der Waals surface area contributed by atoms with E-state index in [-0.39, 0.29) is 0 Å². The summed E-state index contributed by atoms with van der Waals surface area (Å²) in [5.41, 5.74) is 2.42. The molecule has 2 heteroatoms. The summed E-state index contributed by atoms with van der Waals surface area (Å²) in [5, 5.41) is 0.800. The fourth-order valence-electron chi connectivity index (χ4n) is 2.21. The van der Waals surface area contributed by atoms with Crippen molar-refractivity contribution in [1.82, 2.24) is 0 Å². The second kappa shape index (κ2) is 7.59. The van der Waals surface area contributed by atoms with Crippen LogP contribution in [0.2, 0.25) is 5.02 Å². The Kier molecular flexibility index (Phi) is 6.44. The first kappa shape index (κ1) is 16.1. The van der Waals surface area contributed by atoms with Crippen LogP contribution in [0, 0.1) is 0 Å². The molecule has 0 saturated carbocycles. The quantitative estimate of drug-likeness (QED) is 0.587. The van der Waals surface area contributed by atoms with Crippen LogP contribution < -0.4 is 4.74 Å². The van der Waals surface area contributed by atoms with E-state index in [4.69, 9.17) is 16.3 Å². The van der Waals surface area contributed by atoms with Gasteiger partial charge in [0.05, 0.1) is 6.61 Å². The van der Waals surface area contributed by atoms with Crippen LogP contribution >= 0.6 is 11.6 Å². The lowest BCUT2D eigenvalue weighted by Gasteiger charge is -2.21. The Labute approximate surface area is 122 Å². The van der Waals surface area contributed by atoms with E-state index in [9.17, 15) is 0 Å². The van der Waals surface area contributed by atoms with Crippen molar-refractivity contribution in [2.75, 3.05) is 6.61 Å². The van der Waals surface area contributed by atoms with E-state index in [1.54, 1.807) is 0 Å². The van der Waals surface area contributed by atoms with Crippen LogP contribution in [-0.4, -0.2) is 6.61 Å². The molecule has 19 heavy (non-hydrogen) atoms. The van der Waals surface area contributed by atoms with Gasteiger partial charge in [0, 0.05) is 5.02 Å². The van der Waals surface area contributed by atoms with Crippen molar-refractivity contribution in [3.05, 3.63) is 40.4 Å². The van der Waals surface area contributed by atoms with Crippen molar-refractivity contribution in [2.24, 2.45) is 0 Å². The van der Waals surface area contributed by atoms with Gasteiger partial charge in [-0.05, 0) is 55.4 Å². The number of halogens is 1. The highest BCUT2D eigenvalue weighted by molar-refractivity contribution is 6.30. The third-order valence-corrected chi connectivity index (χ3v) is 3.50. The molecule has 0 aliphatic rings. The molecule has 0 saturated heterocycles. The normalized spacial score (nSPS) is 13.2. The van der Waals surface area contributed by atoms with Gasteiger partial charge in [-0.2, -0.15) is 0 Å². The first-order valence-electron chi connectivity index (χ1n) is 7.08. The number of rotatable bonds is 6. The zero-order valence-corrected chi connectivity index (χ0v) is 13.4. The Hall–Kier alpha value is -0.950. The standard InChI is InChI=1S/C17H25ClO/c1-6-8-9-13(5)16-11-14(18)10-15(12(3)4)17(16)19-7-2/h6,8,10-13H,7,9H2,1-5H3/b8-6-. The highest BCUT2D eigenvalue weighted by atomic mass is 35.5. The zero-order valence-electron chi connectivity index (χ0n) is 12.7. The summed E-state index contributed by atoms with van der Waals surface area (Å²) in [6.45, 7) is 11.3. The summed E-state index contributed by atoms with van der Waals surface area (Å²) < 4.78 is 5.90. The van der Waals surface area contributed by atoms with Crippen LogP contribution in [0.4, 0.5) is 0 Å². The van der Waals surface area contributed by atoms with E-state index in [1.807, 2.05) is 26.0 Å². The Morgan fingerprint density at radius 2 is 1.84 bits per heavy atom. The smallest absolute Gasteiger partial charge is 0.126 e. The van der Waals surface area contributed by atoms with Crippen LogP contribution in [0.3, 0.4) is 0 Å². The van der Waals surface area contributed by atoms with Gasteiger partial charge in [0.15, 0.2) is 0 Å². The topological polar surface area (TPSA) is 9.23 Å². The minimum Gasteiger partial charge on any atom is -0.493 e. The average Bonchev–Trinajstić information content (AvgIpc) is 2.37. The minimum atomic E-state index is 0.410. The van der Waals surface area contributed by atoms with Crippen molar-refractivity contribution in [3.63, 3.8) is 0 Å². The van der Waals surface area contributed by atoms with Crippen LogP contribution in [0.25, 0.3) is 0 Å². The van der Waals surface area contributed by atoms with Gasteiger partial charge in [-0.25, -0.2) is 0 Å². The summed E-state index contributed by atoms with van der Waals surface area (Å²) in [6.07, 6.45) is 5.29. The number of benzene rings is 1. The van der Waals surface area contributed by atoms with E-state index in [1.165, 1.54) is 11.1 Å². The fourth-order valence-corrected chi connectivity index (χ4v) is 2.44. The van der Waals surface area contributed by atoms with Gasteiger partial charge in [0.2, 0.25) is 0 Å². The summed E-state index contributed by atoms with van der Waals surface area (Å²) in [7, 11) is 0. The van der Waals surface area contributed by atoms with E-state index >= 15 is 0 Å². The van der Waals surface area contributed by atoms with Gasteiger partial charge in [0.25, 0.3) is 0 Å². The lowest BCUT2D eigenvalue weighted by Crippen LogP contribution is -2.05. The Balaban J connectivity index is 3.26. The number of hydrogen-bond donors (Lipinski definition) is 0. The number of ether oxygens (including phenoxy) is 1. The lowest BCUT2D eigenvalue weighted by atomic mass is 9.91. The highest BCUT2D eigenvalue weighted by Gasteiger charge is 2.18. The second-order valence-electron chi connectivity index (χ2n) is 5.21. The largest absolute Gasteiger partial charge is 0.493 e. The van der Waals surface area contributed by atoms with E-state index in [0.29, 0.717) is 18.4 Å². The molecule has 1 aromatic rings. The summed E-state index contributed by atoms with van der Waals surface area (Å²) >= 11 is 6.27. The molecular weight excluding hydrogens is 256 g/mol. The molecule has 1 atom stereocenters. The molecule has 0 radical (unpaired) electrons. The molecule has 0 aromatic heterocycles. The molecule has 1 rings (SSSR count). The molecule has 1 aromatic carbocycles. The van der Waals surface area contributed by atoms with E-state index in [0.717, 1.165) is 17.2 Å². The average molecular weight is 281 g/mol. The van der Waals surface area contributed by atoms with Crippen molar-refractivity contribution >= 4 is 11.6 Å². The van der Waals surface area contributed by atoms with Crippen molar-refractivity contribution in [3.8, 4) is 5.75 Å². The van der Waals surface area contributed by atoms with Crippen LogP contribution in [0.15, 0.2) is 24.3 Å². The fraction of sp³-hybridized carbons (Fsp3) is 0.529. The Morgan fingerprint density at radius 1 is 1.21 bits per heavy atom. The summed E-state index contributed by atoms with van der Waals surface area (Å²) in [5.74, 6) is 1.85. The molecule has 0 fully saturated rings. The molecule has 1 unspecified atom stereocenters. The number of hydrogen-bond acceptors (Lipinski definition) is 1.